The highest BCUT2D eigenvalue weighted by Crippen LogP contribution is 2.47. The number of aryl methyl sites for hydroxylation is 3. The maximum Gasteiger partial charge on any atom is 0.0278 e. The second kappa shape index (κ2) is 5.41. The van der Waals surface area contributed by atoms with Crippen LogP contribution in [0.3, 0.4) is 0 Å². The molecule has 2 unspecified atom stereocenters. The topological polar surface area (TPSA) is 0 Å². The zero-order valence-corrected chi connectivity index (χ0v) is 13.3. The normalized spacial score (nSPS) is 19.8. The van der Waals surface area contributed by atoms with E-state index in [4.69, 9.17) is 0 Å². The molecule has 0 heteroatoms. The van der Waals surface area contributed by atoms with Gasteiger partial charge >= 0.3 is 0 Å². The summed E-state index contributed by atoms with van der Waals surface area (Å²) >= 11 is 0. The van der Waals surface area contributed by atoms with Crippen molar-refractivity contribution in [2.24, 2.45) is 5.92 Å². The minimum atomic E-state index is 0.783. The van der Waals surface area contributed by atoms with E-state index in [-0.39, 0.29) is 0 Å². The van der Waals surface area contributed by atoms with Crippen LogP contribution in [0.1, 0.15) is 52.6 Å². The first kappa shape index (κ1) is 14.0. The van der Waals surface area contributed by atoms with E-state index in [2.05, 4.69) is 75.9 Å². The molecule has 0 amide bonds. The zero-order valence-electron chi connectivity index (χ0n) is 13.3. The van der Waals surface area contributed by atoms with E-state index < -0.39 is 0 Å². The Morgan fingerprint density at radius 3 is 2.24 bits per heavy atom. The Balaban J connectivity index is 1.85. The number of hydrogen-bond donors (Lipinski definition) is 0. The first-order valence-electron chi connectivity index (χ1n) is 7.74. The van der Waals surface area contributed by atoms with Gasteiger partial charge in [-0.2, -0.15) is 0 Å². The molecule has 0 N–H and O–H groups in total. The second-order valence-electron chi connectivity index (χ2n) is 6.44. The van der Waals surface area contributed by atoms with E-state index in [9.17, 15) is 0 Å². The third-order valence-electron chi connectivity index (χ3n) is 4.64. The van der Waals surface area contributed by atoms with Crippen LogP contribution in [-0.2, 0) is 0 Å². The molecule has 1 aliphatic rings. The highest BCUT2D eigenvalue weighted by molar-refractivity contribution is 5.49. The van der Waals surface area contributed by atoms with Gasteiger partial charge in [-0.1, -0.05) is 37.0 Å². The Labute approximate surface area is 128 Å². The van der Waals surface area contributed by atoms with E-state index >= 15 is 0 Å². The Morgan fingerprint density at radius 2 is 1.62 bits per heavy atom. The summed E-state index contributed by atoms with van der Waals surface area (Å²) in [5, 5.41) is 0. The maximum absolute atomic E-state index is 3.32. The van der Waals surface area contributed by atoms with E-state index in [0.717, 1.165) is 23.0 Å². The Morgan fingerprint density at radius 1 is 0.857 bits per heavy atom. The molecule has 0 nitrogen and oxygen atoms in total. The van der Waals surface area contributed by atoms with Crippen molar-refractivity contribution < 1.29 is 0 Å². The van der Waals surface area contributed by atoms with Crippen molar-refractivity contribution >= 4 is 0 Å². The van der Waals surface area contributed by atoms with Gasteiger partial charge in [0.2, 0.25) is 0 Å². The molecule has 1 fully saturated rings. The van der Waals surface area contributed by atoms with Gasteiger partial charge in [-0.25, -0.2) is 0 Å². The van der Waals surface area contributed by atoms with Crippen LogP contribution in [0.5, 0.6) is 0 Å². The van der Waals surface area contributed by atoms with Crippen molar-refractivity contribution in [2.75, 3.05) is 0 Å². The molecular weight excluding hydrogens is 252 g/mol. The standard InChI is InChI=1S/C21H22/c1-14-5-6-18(11-15(14)2)7-8-19-9-10-20(12-16(19)3)21-13-17(21)4/h5-6,9-12,17,21H,13H2,1-4H3. The smallest absolute Gasteiger partial charge is 0.0278 e. The third-order valence-corrected chi connectivity index (χ3v) is 4.64. The van der Waals surface area contributed by atoms with Crippen molar-refractivity contribution in [3.05, 3.63) is 69.8 Å². The minimum absolute atomic E-state index is 0.783. The SMILES string of the molecule is Cc1ccc(C#Cc2ccc(C3CC3C)cc2C)cc1C. The molecular formula is C21H22. The van der Waals surface area contributed by atoms with Crippen LogP contribution in [-0.4, -0.2) is 0 Å². The molecule has 0 aliphatic heterocycles. The fourth-order valence-electron chi connectivity index (χ4n) is 2.80. The van der Waals surface area contributed by atoms with Crippen molar-refractivity contribution in [2.45, 2.75) is 40.0 Å². The lowest BCUT2D eigenvalue weighted by molar-refractivity contribution is 0.913. The summed E-state index contributed by atoms with van der Waals surface area (Å²) in [6, 6.07) is 13.2. The lowest BCUT2D eigenvalue weighted by Crippen LogP contribution is -1.88. The summed E-state index contributed by atoms with van der Waals surface area (Å²) in [6.45, 7) is 8.76. The van der Waals surface area contributed by atoms with E-state index in [1.54, 1.807) is 0 Å². The van der Waals surface area contributed by atoms with Crippen LogP contribution < -0.4 is 0 Å². The van der Waals surface area contributed by atoms with E-state index in [0.29, 0.717) is 0 Å². The average molecular weight is 274 g/mol. The molecule has 3 rings (SSSR count). The summed E-state index contributed by atoms with van der Waals surface area (Å²) in [5.74, 6) is 8.26. The lowest BCUT2D eigenvalue weighted by atomic mass is 10.0. The molecule has 0 heterocycles. The van der Waals surface area contributed by atoms with E-state index in [1.165, 1.54) is 28.7 Å². The monoisotopic (exact) mass is 274 g/mol. The quantitative estimate of drug-likeness (QED) is 0.632. The molecule has 1 saturated carbocycles. The van der Waals surface area contributed by atoms with Crippen LogP contribution in [0, 0.1) is 38.5 Å². The largest absolute Gasteiger partial charge is 0.0619 e. The van der Waals surface area contributed by atoms with Crippen molar-refractivity contribution in [1.82, 2.24) is 0 Å². The molecule has 106 valence electrons. The van der Waals surface area contributed by atoms with Gasteiger partial charge in [0.1, 0.15) is 0 Å². The highest BCUT2D eigenvalue weighted by Gasteiger charge is 2.33. The first-order chi connectivity index (χ1) is 10.0. The molecule has 0 saturated heterocycles. The van der Waals surface area contributed by atoms with Crippen molar-refractivity contribution in [1.29, 1.82) is 0 Å². The van der Waals surface area contributed by atoms with Crippen molar-refractivity contribution in [3.8, 4) is 11.8 Å². The van der Waals surface area contributed by atoms with Gasteiger partial charge in [0.05, 0.1) is 0 Å². The molecule has 0 bridgehead atoms. The molecule has 0 radical (unpaired) electrons. The summed E-state index contributed by atoms with van der Waals surface area (Å²) in [4.78, 5) is 0. The second-order valence-corrected chi connectivity index (χ2v) is 6.44. The lowest BCUT2D eigenvalue weighted by Gasteiger charge is -2.03. The third kappa shape index (κ3) is 3.03. The summed E-state index contributed by atoms with van der Waals surface area (Å²) in [6.07, 6.45) is 1.34. The van der Waals surface area contributed by atoms with Crippen LogP contribution in [0.2, 0.25) is 0 Å². The van der Waals surface area contributed by atoms with E-state index in [1.807, 2.05) is 0 Å². The highest BCUT2D eigenvalue weighted by atomic mass is 14.4. The predicted molar refractivity (Wildman–Crippen MR) is 89.6 cm³/mol. The number of rotatable bonds is 1. The molecule has 21 heavy (non-hydrogen) atoms. The molecule has 2 aromatic carbocycles. The van der Waals surface area contributed by atoms with Gasteiger partial charge in [-0.05, 0) is 79.5 Å². The van der Waals surface area contributed by atoms with Crippen LogP contribution in [0.25, 0.3) is 0 Å². The van der Waals surface area contributed by atoms with Gasteiger partial charge in [-0.15, -0.1) is 0 Å². The number of benzene rings is 2. The Bertz CT molecular complexity index is 740. The van der Waals surface area contributed by atoms with Gasteiger partial charge < -0.3 is 0 Å². The fourth-order valence-corrected chi connectivity index (χ4v) is 2.80. The molecule has 2 atom stereocenters. The number of hydrogen-bond acceptors (Lipinski definition) is 0. The zero-order chi connectivity index (χ0) is 15.0. The van der Waals surface area contributed by atoms with Gasteiger partial charge in [0.25, 0.3) is 0 Å². The molecule has 0 spiro atoms. The van der Waals surface area contributed by atoms with Gasteiger partial charge in [-0.3, -0.25) is 0 Å². The molecule has 0 aromatic heterocycles. The summed E-state index contributed by atoms with van der Waals surface area (Å²) in [7, 11) is 0. The maximum atomic E-state index is 3.32. The Kier molecular flexibility index (Phi) is 3.60. The minimum Gasteiger partial charge on any atom is -0.0619 e. The van der Waals surface area contributed by atoms with Crippen LogP contribution in [0.4, 0.5) is 0 Å². The van der Waals surface area contributed by atoms with Gasteiger partial charge in [0, 0.05) is 11.1 Å². The van der Waals surface area contributed by atoms with Crippen LogP contribution >= 0.6 is 0 Å². The van der Waals surface area contributed by atoms with Crippen molar-refractivity contribution in [3.63, 3.8) is 0 Å². The Hall–Kier alpha value is -2.00. The average Bonchev–Trinajstić information content (AvgIpc) is 3.18. The first-order valence-corrected chi connectivity index (χ1v) is 7.74. The summed E-state index contributed by atoms with van der Waals surface area (Å²) < 4.78 is 0. The predicted octanol–water partition coefficient (Wildman–Crippen LogP) is 5.14. The molecule has 1 aliphatic carbocycles. The molecule has 2 aromatic rings. The summed E-state index contributed by atoms with van der Waals surface area (Å²) in [5.41, 5.74) is 7.64. The fraction of sp³-hybridized carbons (Fsp3) is 0.333. The van der Waals surface area contributed by atoms with Crippen LogP contribution in [0.15, 0.2) is 36.4 Å². The van der Waals surface area contributed by atoms with Gasteiger partial charge in [0.15, 0.2) is 0 Å².